The van der Waals surface area contributed by atoms with E-state index in [1.807, 2.05) is 61.5 Å². The summed E-state index contributed by atoms with van der Waals surface area (Å²) in [7, 11) is 0. The molecule has 5 rings (SSSR count). The van der Waals surface area contributed by atoms with Gasteiger partial charge in [0, 0.05) is 12.0 Å². The number of rotatable bonds is 9. The number of hydrogen-bond donors (Lipinski definition) is 1. The molecule has 8 heteroatoms. The molecule has 0 aliphatic heterocycles. The van der Waals surface area contributed by atoms with Crippen LogP contribution >= 0.6 is 0 Å². The highest BCUT2D eigenvalue weighted by molar-refractivity contribution is 5.80. The van der Waals surface area contributed by atoms with Gasteiger partial charge < -0.3 is 0 Å². The molecule has 0 radical (unpaired) electrons. The first-order valence-corrected chi connectivity index (χ1v) is 12.0. The molecule has 180 valence electrons. The van der Waals surface area contributed by atoms with Crippen LogP contribution in [0.15, 0.2) is 95.8 Å². The van der Waals surface area contributed by atoms with Crippen LogP contribution in [0, 0.1) is 0 Å². The number of hydrogen-bond acceptors (Lipinski definition) is 5. The van der Waals surface area contributed by atoms with E-state index >= 15 is 0 Å². The number of tetrazole rings is 1. The van der Waals surface area contributed by atoms with Crippen molar-refractivity contribution < 1.29 is 0 Å². The summed E-state index contributed by atoms with van der Waals surface area (Å²) in [4.78, 5) is 13.3. The maximum Gasteiger partial charge on any atom is 0.346 e. The summed E-state index contributed by atoms with van der Waals surface area (Å²) < 4.78 is 3.36. The predicted molar refractivity (Wildman–Crippen MR) is 139 cm³/mol. The normalized spacial score (nSPS) is 11.4. The molecule has 5 aromatic rings. The third-order valence-electron chi connectivity index (χ3n) is 6.11. The molecule has 2 aromatic heterocycles. The van der Waals surface area contributed by atoms with Crippen molar-refractivity contribution in [1.82, 2.24) is 35.0 Å². The smallest absolute Gasteiger partial charge is 0.274 e. The number of H-pyrrole nitrogens is 1. The largest absolute Gasteiger partial charge is 0.346 e. The van der Waals surface area contributed by atoms with Crippen LogP contribution in [0.3, 0.4) is 0 Å². The van der Waals surface area contributed by atoms with Crippen molar-refractivity contribution in [3.05, 3.63) is 118 Å². The Hall–Kier alpha value is -4.59. The van der Waals surface area contributed by atoms with Crippen LogP contribution in [0.4, 0.5) is 0 Å². The summed E-state index contributed by atoms with van der Waals surface area (Å²) in [5.74, 6) is 1.32. The lowest BCUT2D eigenvalue weighted by Gasteiger charge is -2.09. The fourth-order valence-corrected chi connectivity index (χ4v) is 4.22. The summed E-state index contributed by atoms with van der Waals surface area (Å²) in [5, 5.41) is 19.1. The Labute approximate surface area is 208 Å². The van der Waals surface area contributed by atoms with E-state index in [0.29, 0.717) is 25.3 Å². The number of allylic oxidation sites excluding steroid dienone is 2. The van der Waals surface area contributed by atoms with E-state index in [1.54, 1.807) is 9.25 Å². The quantitative estimate of drug-likeness (QED) is 0.320. The van der Waals surface area contributed by atoms with Crippen molar-refractivity contribution in [1.29, 1.82) is 0 Å². The van der Waals surface area contributed by atoms with Crippen molar-refractivity contribution in [2.75, 3.05) is 0 Å². The monoisotopic (exact) mass is 477 g/mol. The van der Waals surface area contributed by atoms with Crippen LogP contribution < -0.4 is 5.69 Å². The molecule has 0 aliphatic carbocycles. The third kappa shape index (κ3) is 5.07. The molecule has 0 spiro atoms. The molecular weight excluding hydrogens is 450 g/mol. The summed E-state index contributed by atoms with van der Waals surface area (Å²) >= 11 is 0. The fourth-order valence-electron chi connectivity index (χ4n) is 4.22. The van der Waals surface area contributed by atoms with Crippen LogP contribution in [-0.2, 0) is 25.9 Å². The van der Waals surface area contributed by atoms with Gasteiger partial charge in [0.25, 0.3) is 0 Å². The Balaban J connectivity index is 1.39. The zero-order chi connectivity index (χ0) is 24.7. The van der Waals surface area contributed by atoms with Crippen LogP contribution in [-0.4, -0.2) is 35.0 Å². The first kappa shape index (κ1) is 23.2. The van der Waals surface area contributed by atoms with Gasteiger partial charge in [-0.05, 0) is 40.8 Å². The highest BCUT2D eigenvalue weighted by atomic mass is 16.2. The van der Waals surface area contributed by atoms with Crippen molar-refractivity contribution in [2.24, 2.45) is 0 Å². The molecule has 0 bridgehead atoms. The standard InChI is InChI=1S/C28H27N7O/c1-2-3-13-26-31-35(19-18-21-9-5-4-6-10-21)28(36)34(26)20-22-14-16-23(17-15-22)24-11-7-8-12-25(24)27-29-32-33-30-27/h2-12,14-17H,13,18-20H2,1H3,(H,29,30,32,33)/b3-2+. The number of benzene rings is 3. The number of aryl methyl sites for hydroxylation is 2. The summed E-state index contributed by atoms with van der Waals surface area (Å²) in [6, 6.07) is 26.3. The van der Waals surface area contributed by atoms with E-state index < -0.39 is 0 Å². The van der Waals surface area contributed by atoms with Gasteiger partial charge in [0.05, 0.1) is 13.1 Å². The Morgan fingerprint density at radius 2 is 1.64 bits per heavy atom. The highest BCUT2D eigenvalue weighted by Crippen LogP contribution is 2.29. The SMILES string of the molecule is C/C=C/Cc1nn(CCc2ccccc2)c(=O)n1Cc1ccc(-c2ccccc2-c2nn[nH]n2)cc1. The number of aromatic amines is 1. The highest BCUT2D eigenvalue weighted by Gasteiger charge is 2.14. The van der Waals surface area contributed by atoms with Gasteiger partial charge in [-0.25, -0.2) is 9.48 Å². The Kier molecular flexibility index (Phi) is 6.93. The van der Waals surface area contributed by atoms with Crippen molar-refractivity contribution >= 4 is 0 Å². The van der Waals surface area contributed by atoms with Gasteiger partial charge in [-0.2, -0.15) is 10.3 Å². The maximum atomic E-state index is 13.3. The maximum absolute atomic E-state index is 13.3. The van der Waals surface area contributed by atoms with Gasteiger partial charge in [-0.15, -0.1) is 10.2 Å². The first-order chi connectivity index (χ1) is 17.7. The van der Waals surface area contributed by atoms with E-state index in [0.717, 1.165) is 34.5 Å². The summed E-state index contributed by atoms with van der Waals surface area (Å²) in [6.45, 7) is 2.98. The average Bonchev–Trinajstić information content (AvgIpc) is 3.56. The molecule has 1 N–H and O–H groups in total. The average molecular weight is 478 g/mol. The predicted octanol–water partition coefficient (Wildman–Crippen LogP) is 4.30. The van der Waals surface area contributed by atoms with Crippen LogP contribution in [0.25, 0.3) is 22.5 Å². The summed E-state index contributed by atoms with van der Waals surface area (Å²) in [6.07, 6.45) is 5.38. The van der Waals surface area contributed by atoms with Gasteiger partial charge in [-0.1, -0.05) is 91.0 Å². The van der Waals surface area contributed by atoms with E-state index in [4.69, 9.17) is 0 Å². The van der Waals surface area contributed by atoms with E-state index in [-0.39, 0.29) is 5.69 Å². The van der Waals surface area contributed by atoms with Crippen molar-refractivity contribution in [2.45, 2.75) is 32.9 Å². The van der Waals surface area contributed by atoms with Crippen LogP contribution in [0.1, 0.15) is 23.9 Å². The zero-order valence-electron chi connectivity index (χ0n) is 20.1. The summed E-state index contributed by atoms with van der Waals surface area (Å²) in [5.41, 5.74) is 5.10. The number of nitrogens with one attached hydrogen (secondary N) is 1. The Morgan fingerprint density at radius 3 is 2.36 bits per heavy atom. The molecule has 2 heterocycles. The lowest BCUT2D eigenvalue weighted by molar-refractivity contribution is 0.579. The first-order valence-electron chi connectivity index (χ1n) is 12.0. The number of aromatic nitrogens is 7. The molecule has 0 unspecified atom stereocenters. The molecule has 8 nitrogen and oxygen atoms in total. The second kappa shape index (κ2) is 10.8. The zero-order valence-corrected chi connectivity index (χ0v) is 20.1. The lowest BCUT2D eigenvalue weighted by atomic mass is 9.98. The van der Waals surface area contributed by atoms with Gasteiger partial charge in [0.15, 0.2) is 0 Å². The van der Waals surface area contributed by atoms with Gasteiger partial charge in [0.2, 0.25) is 5.82 Å². The van der Waals surface area contributed by atoms with Gasteiger partial charge in [0.1, 0.15) is 5.82 Å². The molecular formula is C28H27N7O. The minimum Gasteiger partial charge on any atom is -0.274 e. The minimum absolute atomic E-state index is 0.0861. The number of nitrogens with zero attached hydrogens (tertiary/aromatic N) is 6. The van der Waals surface area contributed by atoms with Crippen LogP contribution in [0.2, 0.25) is 0 Å². The topological polar surface area (TPSA) is 94.3 Å². The van der Waals surface area contributed by atoms with Crippen molar-refractivity contribution in [3.63, 3.8) is 0 Å². The van der Waals surface area contributed by atoms with Gasteiger partial charge >= 0.3 is 5.69 Å². The second-order valence-electron chi connectivity index (χ2n) is 8.49. The molecule has 0 fully saturated rings. The molecule has 0 aliphatic rings. The Morgan fingerprint density at radius 1 is 0.889 bits per heavy atom. The molecule has 0 saturated heterocycles. The van der Waals surface area contributed by atoms with Gasteiger partial charge in [-0.3, -0.25) is 4.57 Å². The fraction of sp³-hybridized carbons (Fsp3) is 0.179. The third-order valence-corrected chi connectivity index (χ3v) is 6.11. The van der Waals surface area contributed by atoms with E-state index in [2.05, 4.69) is 62.1 Å². The second-order valence-corrected chi connectivity index (χ2v) is 8.49. The molecule has 0 amide bonds. The molecule has 0 atom stereocenters. The van der Waals surface area contributed by atoms with E-state index in [1.165, 1.54) is 5.56 Å². The molecule has 3 aromatic carbocycles. The van der Waals surface area contributed by atoms with E-state index in [9.17, 15) is 4.79 Å². The molecule has 36 heavy (non-hydrogen) atoms. The Bertz CT molecular complexity index is 1500. The van der Waals surface area contributed by atoms with Crippen molar-refractivity contribution in [3.8, 4) is 22.5 Å². The minimum atomic E-state index is -0.0861. The lowest BCUT2D eigenvalue weighted by Crippen LogP contribution is -2.26. The van der Waals surface area contributed by atoms with Crippen LogP contribution in [0.5, 0.6) is 0 Å². The molecule has 0 saturated carbocycles.